The predicted molar refractivity (Wildman–Crippen MR) is 75.5 cm³/mol. The molecule has 0 aliphatic rings. The molecule has 0 radical (unpaired) electrons. The number of aromatic nitrogens is 5. The summed E-state index contributed by atoms with van der Waals surface area (Å²) in [6.45, 7) is 0.263. The Labute approximate surface area is 120 Å². The van der Waals surface area contributed by atoms with Crippen LogP contribution in [0.25, 0.3) is 5.69 Å². The highest BCUT2D eigenvalue weighted by Gasteiger charge is 2.11. The van der Waals surface area contributed by atoms with Crippen molar-refractivity contribution in [3.8, 4) is 5.69 Å². The number of nitrogens with one attached hydrogen (secondary N) is 2. The van der Waals surface area contributed by atoms with Gasteiger partial charge in [-0.3, -0.25) is 9.89 Å². The number of rotatable bonds is 4. The lowest BCUT2D eigenvalue weighted by molar-refractivity contribution is 0.0944. The number of aromatic amines is 1. The summed E-state index contributed by atoms with van der Waals surface area (Å²) in [7, 11) is 0. The van der Waals surface area contributed by atoms with Crippen LogP contribution in [-0.4, -0.2) is 30.9 Å². The second kappa shape index (κ2) is 5.45. The van der Waals surface area contributed by atoms with Crippen molar-refractivity contribution in [2.45, 2.75) is 6.54 Å². The smallest absolute Gasteiger partial charge is 0.272 e. The molecule has 0 aliphatic carbocycles. The minimum atomic E-state index is -0.292. The number of amides is 1. The molecule has 0 atom stereocenters. The number of H-pyrrole nitrogens is 1. The number of nitrogen functional groups attached to an aromatic ring is 1. The second-order valence-electron chi connectivity index (χ2n) is 4.32. The number of nitrogens with two attached hydrogens (primary N) is 1. The molecule has 8 heteroatoms. The van der Waals surface area contributed by atoms with Crippen LogP contribution in [0, 0.1) is 0 Å². The summed E-state index contributed by atoms with van der Waals surface area (Å²) < 4.78 is 1.57. The Kier molecular flexibility index (Phi) is 3.34. The van der Waals surface area contributed by atoms with Crippen LogP contribution in [0.5, 0.6) is 0 Å². The van der Waals surface area contributed by atoms with Crippen LogP contribution >= 0.6 is 0 Å². The van der Waals surface area contributed by atoms with Crippen molar-refractivity contribution in [2.75, 3.05) is 5.73 Å². The van der Waals surface area contributed by atoms with Gasteiger partial charge in [0, 0.05) is 6.20 Å². The third-order valence-electron chi connectivity index (χ3n) is 2.89. The first-order valence-electron chi connectivity index (χ1n) is 6.27. The van der Waals surface area contributed by atoms with E-state index in [0.29, 0.717) is 17.2 Å². The van der Waals surface area contributed by atoms with Crippen LogP contribution in [0.1, 0.15) is 16.3 Å². The summed E-state index contributed by atoms with van der Waals surface area (Å²) in [5.74, 6) is 0.287. The fraction of sp³-hybridized carbons (Fsp3) is 0.0769. The molecule has 0 unspecified atom stereocenters. The van der Waals surface area contributed by atoms with E-state index in [-0.39, 0.29) is 12.5 Å². The fourth-order valence-electron chi connectivity index (χ4n) is 1.85. The van der Waals surface area contributed by atoms with Gasteiger partial charge in [0.05, 0.1) is 17.9 Å². The summed E-state index contributed by atoms with van der Waals surface area (Å²) in [5.41, 5.74) is 7.50. The molecule has 0 saturated carbocycles. The van der Waals surface area contributed by atoms with Crippen molar-refractivity contribution in [1.29, 1.82) is 0 Å². The van der Waals surface area contributed by atoms with Gasteiger partial charge in [-0.2, -0.15) is 10.2 Å². The number of carbonyl (C=O) groups excluding carboxylic acids is 1. The molecule has 0 fully saturated rings. The monoisotopic (exact) mass is 283 g/mol. The first-order valence-corrected chi connectivity index (χ1v) is 6.27. The summed E-state index contributed by atoms with van der Waals surface area (Å²) in [6, 6.07) is 8.94. The topological polar surface area (TPSA) is 115 Å². The highest BCUT2D eigenvalue weighted by Crippen LogP contribution is 2.15. The Balaban J connectivity index is 1.73. The average Bonchev–Trinajstić information content (AvgIpc) is 3.17. The van der Waals surface area contributed by atoms with E-state index in [1.807, 2.05) is 18.2 Å². The minimum Gasteiger partial charge on any atom is -0.397 e. The van der Waals surface area contributed by atoms with Gasteiger partial charge in [0.1, 0.15) is 12.2 Å². The number of para-hydroxylation sites is 2. The van der Waals surface area contributed by atoms with E-state index >= 15 is 0 Å². The summed E-state index contributed by atoms with van der Waals surface area (Å²) >= 11 is 0. The molecule has 0 aliphatic heterocycles. The maximum atomic E-state index is 12.0. The molecule has 3 aromatic rings. The van der Waals surface area contributed by atoms with Crippen LogP contribution in [0.4, 0.5) is 5.69 Å². The van der Waals surface area contributed by atoms with E-state index in [2.05, 4.69) is 25.6 Å². The van der Waals surface area contributed by atoms with Crippen LogP contribution in [0.3, 0.4) is 0 Å². The number of carbonyl (C=O) groups is 1. The van der Waals surface area contributed by atoms with Gasteiger partial charge in [-0.25, -0.2) is 9.67 Å². The Morgan fingerprint density at radius 3 is 2.95 bits per heavy atom. The fourth-order valence-corrected chi connectivity index (χ4v) is 1.85. The first kappa shape index (κ1) is 12.9. The SMILES string of the molecule is Nc1ccccc1-n1ccc(C(=O)NCc2ncn[nH]2)n1. The van der Waals surface area contributed by atoms with E-state index in [1.165, 1.54) is 6.33 Å². The molecule has 21 heavy (non-hydrogen) atoms. The van der Waals surface area contributed by atoms with E-state index < -0.39 is 0 Å². The molecule has 2 heterocycles. The number of nitrogens with zero attached hydrogens (tertiary/aromatic N) is 4. The average molecular weight is 283 g/mol. The third-order valence-corrected chi connectivity index (χ3v) is 2.89. The molecule has 1 aromatic carbocycles. The highest BCUT2D eigenvalue weighted by atomic mass is 16.1. The zero-order valence-electron chi connectivity index (χ0n) is 11.0. The van der Waals surface area contributed by atoms with Crippen LogP contribution < -0.4 is 11.1 Å². The van der Waals surface area contributed by atoms with E-state index in [4.69, 9.17) is 5.73 Å². The second-order valence-corrected chi connectivity index (χ2v) is 4.32. The van der Waals surface area contributed by atoms with Gasteiger partial charge < -0.3 is 11.1 Å². The summed E-state index contributed by atoms with van der Waals surface area (Å²) in [4.78, 5) is 15.9. The van der Waals surface area contributed by atoms with Crippen molar-refractivity contribution in [3.05, 3.63) is 54.4 Å². The van der Waals surface area contributed by atoms with Gasteiger partial charge in [0.25, 0.3) is 5.91 Å². The molecule has 0 spiro atoms. The Bertz CT molecular complexity index is 747. The quantitative estimate of drug-likeness (QED) is 0.603. The third kappa shape index (κ3) is 2.73. The number of benzene rings is 1. The largest absolute Gasteiger partial charge is 0.397 e. The van der Waals surface area contributed by atoms with Crippen molar-refractivity contribution in [1.82, 2.24) is 30.3 Å². The maximum absolute atomic E-state index is 12.0. The van der Waals surface area contributed by atoms with Crippen LogP contribution in [0.2, 0.25) is 0 Å². The molecule has 8 nitrogen and oxygen atoms in total. The molecule has 3 rings (SSSR count). The lowest BCUT2D eigenvalue weighted by atomic mass is 10.3. The molecule has 1 amide bonds. The normalized spacial score (nSPS) is 10.5. The molecule has 4 N–H and O–H groups in total. The summed E-state index contributed by atoms with van der Waals surface area (Å²) in [5, 5.41) is 13.3. The zero-order chi connectivity index (χ0) is 14.7. The lowest BCUT2D eigenvalue weighted by Crippen LogP contribution is -2.24. The van der Waals surface area contributed by atoms with Gasteiger partial charge in [-0.05, 0) is 18.2 Å². The predicted octanol–water partition coefficient (Wildman–Crippen LogP) is 0.503. The Morgan fingerprint density at radius 1 is 1.33 bits per heavy atom. The zero-order valence-corrected chi connectivity index (χ0v) is 11.0. The number of hydrogen-bond donors (Lipinski definition) is 3. The standard InChI is InChI=1S/C13H13N7O/c14-9-3-1-2-4-11(9)20-6-5-10(19-20)13(21)15-7-12-16-8-17-18-12/h1-6,8H,7,14H2,(H,15,21)(H,16,17,18). The molecule has 0 saturated heterocycles. The lowest BCUT2D eigenvalue weighted by Gasteiger charge is -2.04. The minimum absolute atomic E-state index is 0.263. The van der Waals surface area contributed by atoms with Crippen molar-refractivity contribution >= 4 is 11.6 Å². The highest BCUT2D eigenvalue weighted by molar-refractivity contribution is 5.92. The van der Waals surface area contributed by atoms with Gasteiger partial charge >= 0.3 is 0 Å². The van der Waals surface area contributed by atoms with Gasteiger partial charge in [0.2, 0.25) is 0 Å². The van der Waals surface area contributed by atoms with E-state index in [1.54, 1.807) is 23.0 Å². The van der Waals surface area contributed by atoms with E-state index in [9.17, 15) is 4.79 Å². The molecule has 2 aromatic heterocycles. The summed E-state index contributed by atoms with van der Waals surface area (Å²) in [6.07, 6.45) is 3.07. The van der Waals surface area contributed by atoms with Gasteiger partial charge in [-0.15, -0.1) is 0 Å². The van der Waals surface area contributed by atoms with Crippen LogP contribution in [-0.2, 0) is 6.54 Å². The number of hydrogen-bond acceptors (Lipinski definition) is 5. The van der Waals surface area contributed by atoms with Gasteiger partial charge in [-0.1, -0.05) is 12.1 Å². The number of anilines is 1. The van der Waals surface area contributed by atoms with E-state index in [0.717, 1.165) is 5.69 Å². The first-order chi connectivity index (χ1) is 10.2. The molecule has 106 valence electrons. The van der Waals surface area contributed by atoms with Crippen molar-refractivity contribution < 1.29 is 4.79 Å². The maximum Gasteiger partial charge on any atom is 0.272 e. The Morgan fingerprint density at radius 2 is 2.19 bits per heavy atom. The van der Waals surface area contributed by atoms with Gasteiger partial charge in [0.15, 0.2) is 5.69 Å². The molecular weight excluding hydrogens is 270 g/mol. The molecular formula is C13H13N7O. The van der Waals surface area contributed by atoms with Crippen molar-refractivity contribution in [2.24, 2.45) is 0 Å². The van der Waals surface area contributed by atoms with Crippen molar-refractivity contribution in [3.63, 3.8) is 0 Å². The van der Waals surface area contributed by atoms with Crippen LogP contribution in [0.15, 0.2) is 42.9 Å². The molecule has 0 bridgehead atoms. The Hall–Kier alpha value is -3.16.